The molecule has 3 aromatic heterocycles. The molecule has 0 amide bonds. The molecule has 3 aromatic rings. The third kappa shape index (κ3) is 3.32. The van der Waals surface area contributed by atoms with Crippen LogP contribution in [-0.4, -0.2) is 44.8 Å². The topological polar surface area (TPSA) is 82.9 Å². The maximum Gasteiger partial charge on any atom is 0.394 e. The van der Waals surface area contributed by atoms with Crippen LogP contribution < -0.4 is 4.74 Å². The third-order valence-corrected chi connectivity index (χ3v) is 8.08. The van der Waals surface area contributed by atoms with Crippen LogP contribution in [-0.2, 0) is 10.2 Å². The Morgan fingerprint density at radius 2 is 1.80 bits per heavy atom. The van der Waals surface area contributed by atoms with Gasteiger partial charge in [0.05, 0.1) is 35.7 Å². The molecule has 1 saturated heterocycles. The van der Waals surface area contributed by atoms with Crippen molar-refractivity contribution < 1.29 is 22.6 Å². The van der Waals surface area contributed by atoms with E-state index in [1.54, 1.807) is 13.3 Å². The number of rotatable bonds is 4. The Bertz CT molecular complexity index is 1310. The van der Waals surface area contributed by atoms with Crippen LogP contribution >= 0.6 is 0 Å². The molecule has 3 saturated carbocycles. The quantitative estimate of drug-likeness (QED) is 0.511. The Hall–Kier alpha value is -2.88. The summed E-state index contributed by atoms with van der Waals surface area (Å²) in [6.45, 7) is 4.22. The van der Waals surface area contributed by atoms with E-state index in [-0.39, 0.29) is 31.3 Å². The van der Waals surface area contributed by atoms with Crippen LogP contribution in [0.1, 0.15) is 72.6 Å². The smallest absolute Gasteiger partial charge is 0.394 e. The maximum atomic E-state index is 13.6. The van der Waals surface area contributed by atoms with Gasteiger partial charge in [0.25, 0.3) is 0 Å². The molecule has 0 unspecified atom stereocenters. The van der Waals surface area contributed by atoms with Gasteiger partial charge < -0.3 is 9.47 Å². The fourth-order valence-electron chi connectivity index (χ4n) is 6.09. The number of hydrogen-bond acceptors (Lipinski definition) is 7. The minimum Gasteiger partial charge on any atom is -0.481 e. The molecule has 1 aliphatic heterocycles. The van der Waals surface area contributed by atoms with Gasteiger partial charge in [0.2, 0.25) is 5.88 Å². The van der Waals surface area contributed by atoms with Crippen molar-refractivity contribution in [3.63, 3.8) is 0 Å². The van der Waals surface area contributed by atoms with Crippen molar-refractivity contribution >= 4 is 11.2 Å². The van der Waals surface area contributed by atoms with Crippen LogP contribution in [0.15, 0.2) is 18.3 Å². The number of aromatic nitrogens is 5. The molecule has 0 radical (unpaired) electrons. The van der Waals surface area contributed by atoms with Gasteiger partial charge in [-0.05, 0) is 58.1 Å². The first-order chi connectivity index (χ1) is 16.6. The highest BCUT2D eigenvalue weighted by Gasteiger charge is 2.79. The Morgan fingerprint density at radius 1 is 1.06 bits per heavy atom. The van der Waals surface area contributed by atoms with E-state index < -0.39 is 17.0 Å². The van der Waals surface area contributed by atoms with Gasteiger partial charge in [-0.2, -0.15) is 13.2 Å². The monoisotopic (exact) mass is 485 g/mol. The SMILES string of the molecule is COc1ncccc1[C@@H]1C[C@H](c2nc(C34CC(C(F)(F)F)(C3)C4)c3nc(C)c(C)nc3n2)CCO1. The lowest BCUT2D eigenvalue weighted by Crippen LogP contribution is -2.70. The molecule has 10 heteroatoms. The van der Waals surface area contributed by atoms with Crippen LogP contribution in [0.2, 0.25) is 0 Å². The summed E-state index contributed by atoms with van der Waals surface area (Å²) in [5, 5.41) is 0. The molecule has 184 valence electrons. The second kappa shape index (κ2) is 7.56. The molecule has 2 bridgehead atoms. The van der Waals surface area contributed by atoms with Crippen LogP contribution in [0, 0.1) is 19.3 Å². The average molecular weight is 486 g/mol. The summed E-state index contributed by atoms with van der Waals surface area (Å²) in [6, 6.07) is 3.77. The van der Waals surface area contributed by atoms with Crippen LogP contribution in [0.4, 0.5) is 13.2 Å². The molecular weight excluding hydrogens is 459 g/mol. The number of methoxy groups -OCH3 is 1. The van der Waals surface area contributed by atoms with Crippen molar-refractivity contribution in [3.8, 4) is 5.88 Å². The zero-order chi connectivity index (χ0) is 24.6. The zero-order valence-electron chi connectivity index (χ0n) is 19.8. The van der Waals surface area contributed by atoms with E-state index in [2.05, 4.69) is 15.0 Å². The number of hydrogen-bond donors (Lipinski definition) is 0. The molecule has 0 aromatic carbocycles. The number of fused-ring (bicyclic) bond motifs is 1. The largest absolute Gasteiger partial charge is 0.481 e. The van der Waals surface area contributed by atoms with E-state index in [9.17, 15) is 13.2 Å². The fourth-order valence-corrected chi connectivity index (χ4v) is 6.09. The van der Waals surface area contributed by atoms with E-state index in [1.807, 2.05) is 26.0 Å². The predicted molar refractivity (Wildman–Crippen MR) is 120 cm³/mol. The molecule has 0 spiro atoms. The first-order valence-corrected chi connectivity index (χ1v) is 11.9. The number of ether oxygens (including phenoxy) is 2. The van der Waals surface area contributed by atoms with Gasteiger partial charge in [0.1, 0.15) is 11.3 Å². The van der Waals surface area contributed by atoms with Gasteiger partial charge in [-0.25, -0.2) is 24.9 Å². The summed E-state index contributed by atoms with van der Waals surface area (Å²) in [7, 11) is 1.57. The number of aryl methyl sites for hydroxylation is 2. The summed E-state index contributed by atoms with van der Waals surface area (Å²) in [5.41, 5.74) is 1.80. The van der Waals surface area contributed by atoms with Gasteiger partial charge in [-0.3, -0.25) is 0 Å². The first kappa shape index (κ1) is 22.6. The van der Waals surface area contributed by atoms with Crippen LogP contribution in [0.3, 0.4) is 0 Å². The molecule has 3 aliphatic carbocycles. The van der Waals surface area contributed by atoms with E-state index in [1.165, 1.54) is 0 Å². The number of halogens is 3. The lowest BCUT2D eigenvalue weighted by atomic mass is 9.34. The minimum atomic E-state index is -4.19. The minimum absolute atomic E-state index is 0.0332. The summed E-state index contributed by atoms with van der Waals surface area (Å²) in [5.74, 6) is 1.09. The normalized spacial score (nSPS) is 30.0. The van der Waals surface area contributed by atoms with Gasteiger partial charge in [-0.1, -0.05) is 0 Å². The number of nitrogens with zero attached hydrogens (tertiary/aromatic N) is 5. The van der Waals surface area contributed by atoms with Gasteiger partial charge in [0.15, 0.2) is 5.65 Å². The van der Waals surface area contributed by atoms with Gasteiger partial charge >= 0.3 is 6.18 Å². The number of pyridine rings is 1. The molecule has 7 rings (SSSR count). The molecule has 2 atom stereocenters. The van der Waals surface area contributed by atoms with Crippen molar-refractivity contribution in [2.75, 3.05) is 13.7 Å². The van der Waals surface area contributed by atoms with Crippen LogP contribution in [0.5, 0.6) is 5.88 Å². The molecule has 7 nitrogen and oxygen atoms in total. The summed E-state index contributed by atoms with van der Waals surface area (Å²) in [4.78, 5) is 23.3. The summed E-state index contributed by atoms with van der Waals surface area (Å²) >= 11 is 0. The van der Waals surface area contributed by atoms with Crippen molar-refractivity contribution in [2.45, 2.75) is 69.6 Å². The number of alkyl halides is 3. The fraction of sp³-hybridized carbons (Fsp3) is 0.560. The van der Waals surface area contributed by atoms with E-state index >= 15 is 0 Å². The maximum absolute atomic E-state index is 13.6. The van der Waals surface area contributed by atoms with Crippen molar-refractivity contribution in [3.05, 3.63) is 46.8 Å². The zero-order valence-corrected chi connectivity index (χ0v) is 19.8. The second-order valence-corrected chi connectivity index (χ2v) is 10.3. The van der Waals surface area contributed by atoms with Gasteiger partial charge in [-0.15, -0.1) is 0 Å². The summed E-state index contributed by atoms with van der Waals surface area (Å²) < 4.78 is 52.2. The molecule has 0 N–H and O–H groups in total. The molecule has 4 heterocycles. The highest BCUT2D eigenvalue weighted by atomic mass is 19.4. The standard InChI is InChI=1S/C25H26F3N5O2/c1-13-14(2)31-21-18(30-13)19(23-10-24(11-23,12-23)25(26,27)28)32-20(33-21)15-6-8-35-17(9-15)16-5-4-7-29-22(16)34-3/h4-5,7,15,17H,6,8-12H2,1-3H3/t15-,17+,23?,24?/m1/s1. The molecule has 4 aliphatic rings. The van der Waals surface area contributed by atoms with Crippen LogP contribution in [0.25, 0.3) is 11.2 Å². The lowest BCUT2D eigenvalue weighted by Gasteiger charge is -2.70. The van der Waals surface area contributed by atoms with Crippen molar-refractivity contribution in [2.24, 2.45) is 5.41 Å². The van der Waals surface area contributed by atoms with E-state index in [0.717, 1.165) is 17.0 Å². The predicted octanol–water partition coefficient (Wildman–Crippen LogP) is 5.06. The summed E-state index contributed by atoms with van der Waals surface area (Å²) in [6.07, 6.45) is -1.24. The average Bonchev–Trinajstić information content (AvgIpc) is 2.77. The lowest BCUT2D eigenvalue weighted by molar-refractivity contribution is -0.337. The highest BCUT2D eigenvalue weighted by Crippen LogP contribution is 2.78. The van der Waals surface area contributed by atoms with Crippen molar-refractivity contribution in [1.29, 1.82) is 0 Å². The van der Waals surface area contributed by atoms with E-state index in [4.69, 9.17) is 19.4 Å². The third-order valence-electron chi connectivity index (χ3n) is 8.08. The molecular formula is C25H26F3N5O2. The van der Waals surface area contributed by atoms with Crippen molar-refractivity contribution in [1.82, 2.24) is 24.9 Å². The Balaban J connectivity index is 1.39. The Kier molecular flexibility index (Phi) is 4.87. The second-order valence-electron chi connectivity index (χ2n) is 10.3. The van der Waals surface area contributed by atoms with Gasteiger partial charge in [0, 0.05) is 29.7 Å². The van der Waals surface area contributed by atoms with E-state index in [0.29, 0.717) is 48.0 Å². The Labute approximate surface area is 200 Å². The Morgan fingerprint density at radius 3 is 2.51 bits per heavy atom. The highest BCUT2D eigenvalue weighted by molar-refractivity contribution is 5.75. The molecule has 4 fully saturated rings. The first-order valence-electron chi connectivity index (χ1n) is 11.9. The molecule has 35 heavy (non-hydrogen) atoms.